The summed E-state index contributed by atoms with van der Waals surface area (Å²) in [5.74, 6) is 0. The first-order chi connectivity index (χ1) is 5.34. The molecule has 0 aliphatic carbocycles. The topological polar surface area (TPSA) is 12.4 Å². The lowest BCUT2D eigenvalue weighted by molar-refractivity contribution is 0.792. The standard InChI is InChI=1S/C10H17N/c1-3-4-6-10-7-5-8-11-9(10)2/h7H,3-6,8H2,1-2H3. The quantitative estimate of drug-likeness (QED) is 0.588. The van der Waals surface area contributed by atoms with E-state index in [1.165, 1.54) is 30.5 Å². The first-order valence-corrected chi connectivity index (χ1v) is 4.55. The van der Waals surface area contributed by atoms with Crippen LogP contribution in [0.3, 0.4) is 0 Å². The Kier molecular flexibility index (Phi) is 3.34. The lowest BCUT2D eigenvalue weighted by Crippen LogP contribution is -2.04. The Labute approximate surface area is 69.2 Å². The number of hydrogen-bond acceptors (Lipinski definition) is 1. The van der Waals surface area contributed by atoms with Gasteiger partial charge >= 0.3 is 0 Å². The molecule has 0 radical (unpaired) electrons. The molecule has 0 atom stereocenters. The summed E-state index contributed by atoms with van der Waals surface area (Å²) in [6.07, 6.45) is 7.31. The van der Waals surface area contributed by atoms with Crippen LogP contribution in [0.1, 0.15) is 39.5 Å². The molecule has 0 aromatic rings. The highest BCUT2D eigenvalue weighted by Crippen LogP contribution is 2.13. The lowest BCUT2D eigenvalue weighted by atomic mass is 10.0. The number of rotatable bonds is 3. The van der Waals surface area contributed by atoms with E-state index in [2.05, 4.69) is 24.9 Å². The summed E-state index contributed by atoms with van der Waals surface area (Å²) in [5, 5.41) is 0. The molecule has 1 rings (SSSR count). The van der Waals surface area contributed by atoms with Crippen molar-refractivity contribution in [3.63, 3.8) is 0 Å². The van der Waals surface area contributed by atoms with Gasteiger partial charge in [0.15, 0.2) is 0 Å². The molecule has 0 unspecified atom stereocenters. The first-order valence-electron chi connectivity index (χ1n) is 4.55. The van der Waals surface area contributed by atoms with Crippen molar-refractivity contribution in [2.75, 3.05) is 6.54 Å². The van der Waals surface area contributed by atoms with Gasteiger partial charge in [0.25, 0.3) is 0 Å². The summed E-state index contributed by atoms with van der Waals surface area (Å²) in [6, 6.07) is 0. The Morgan fingerprint density at radius 3 is 3.00 bits per heavy atom. The van der Waals surface area contributed by atoms with E-state index in [0.29, 0.717) is 0 Å². The molecule has 1 heterocycles. The van der Waals surface area contributed by atoms with Crippen molar-refractivity contribution in [2.24, 2.45) is 4.99 Å². The predicted octanol–water partition coefficient (Wildman–Crippen LogP) is 2.97. The lowest BCUT2D eigenvalue weighted by Gasteiger charge is -2.10. The Hall–Kier alpha value is -0.590. The van der Waals surface area contributed by atoms with Crippen LogP contribution in [-0.4, -0.2) is 12.3 Å². The Bertz CT molecular complexity index is 177. The number of dihydropyridines is 1. The van der Waals surface area contributed by atoms with Crippen molar-refractivity contribution < 1.29 is 0 Å². The molecule has 0 fully saturated rings. The van der Waals surface area contributed by atoms with Gasteiger partial charge in [-0.05, 0) is 31.8 Å². The van der Waals surface area contributed by atoms with Gasteiger partial charge in [-0.3, -0.25) is 4.99 Å². The highest BCUT2D eigenvalue weighted by molar-refractivity contribution is 5.98. The number of nitrogens with zero attached hydrogens (tertiary/aromatic N) is 1. The van der Waals surface area contributed by atoms with Gasteiger partial charge in [0.05, 0.1) is 0 Å². The zero-order valence-electron chi connectivity index (χ0n) is 7.56. The number of unbranched alkanes of at least 4 members (excludes halogenated alkanes) is 1. The molecular formula is C10H17N. The van der Waals surface area contributed by atoms with Gasteiger partial charge in [0.1, 0.15) is 0 Å². The summed E-state index contributed by atoms with van der Waals surface area (Å²) >= 11 is 0. The highest BCUT2D eigenvalue weighted by atomic mass is 14.7. The fourth-order valence-corrected chi connectivity index (χ4v) is 1.37. The molecule has 11 heavy (non-hydrogen) atoms. The minimum Gasteiger partial charge on any atom is -0.289 e. The smallest absolute Gasteiger partial charge is 0.0427 e. The SMILES string of the molecule is CCCCC1=CCCN=C1C. The van der Waals surface area contributed by atoms with Crippen LogP contribution in [0.4, 0.5) is 0 Å². The van der Waals surface area contributed by atoms with E-state index in [4.69, 9.17) is 0 Å². The maximum absolute atomic E-state index is 4.41. The predicted molar refractivity (Wildman–Crippen MR) is 50.2 cm³/mol. The molecular weight excluding hydrogens is 134 g/mol. The van der Waals surface area contributed by atoms with E-state index >= 15 is 0 Å². The van der Waals surface area contributed by atoms with E-state index in [9.17, 15) is 0 Å². The second kappa shape index (κ2) is 4.32. The third-order valence-corrected chi connectivity index (χ3v) is 2.13. The van der Waals surface area contributed by atoms with Crippen LogP contribution in [0.5, 0.6) is 0 Å². The summed E-state index contributed by atoms with van der Waals surface area (Å²) in [4.78, 5) is 4.41. The average Bonchev–Trinajstić information content (AvgIpc) is 2.03. The molecule has 0 amide bonds. The maximum atomic E-state index is 4.41. The molecule has 62 valence electrons. The van der Waals surface area contributed by atoms with Gasteiger partial charge in [0, 0.05) is 12.3 Å². The summed E-state index contributed by atoms with van der Waals surface area (Å²) < 4.78 is 0. The van der Waals surface area contributed by atoms with Gasteiger partial charge in [-0.25, -0.2) is 0 Å². The van der Waals surface area contributed by atoms with Crippen LogP contribution >= 0.6 is 0 Å². The van der Waals surface area contributed by atoms with Gasteiger partial charge in [-0.2, -0.15) is 0 Å². The molecule has 0 saturated carbocycles. The van der Waals surface area contributed by atoms with Crippen LogP contribution in [-0.2, 0) is 0 Å². The first kappa shape index (κ1) is 8.51. The molecule has 1 aliphatic rings. The molecule has 1 aliphatic heterocycles. The van der Waals surface area contributed by atoms with E-state index in [-0.39, 0.29) is 0 Å². The van der Waals surface area contributed by atoms with Crippen molar-refractivity contribution in [2.45, 2.75) is 39.5 Å². The van der Waals surface area contributed by atoms with Crippen LogP contribution in [0.2, 0.25) is 0 Å². The minimum absolute atomic E-state index is 1.00. The number of allylic oxidation sites excluding steroid dienone is 1. The minimum atomic E-state index is 1.00. The molecule has 0 bridgehead atoms. The Morgan fingerprint density at radius 1 is 1.55 bits per heavy atom. The molecule has 0 aromatic carbocycles. The van der Waals surface area contributed by atoms with Crippen LogP contribution < -0.4 is 0 Å². The van der Waals surface area contributed by atoms with Crippen molar-refractivity contribution >= 4 is 5.71 Å². The number of aliphatic imine (C=N–C) groups is 1. The highest BCUT2D eigenvalue weighted by Gasteiger charge is 2.03. The zero-order chi connectivity index (χ0) is 8.10. The summed E-state index contributed by atoms with van der Waals surface area (Å²) in [6.45, 7) is 5.36. The van der Waals surface area contributed by atoms with Crippen LogP contribution in [0.15, 0.2) is 16.6 Å². The van der Waals surface area contributed by atoms with Crippen molar-refractivity contribution in [1.82, 2.24) is 0 Å². The van der Waals surface area contributed by atoms with E-state index in [0.717, 1.165) is 13.0 Å². The van der Waals surface area contributed by atoms with Gasteiger partial charge < -0.3 is 0 Å². The average molecular weight is 151 g/mol. The fraction of sp³-hybridized carbons (Fsp3) is 0.700. The molecule has 1 heteroatoms. The molecule has 0 aromatic heterocycles. The van der Waals surface area contributed by atoms with Crippen molar-refractivity contribution in [3.05, 3.63) is 11.6 Å². The van der Waals surface area contributed by atoms with Gasteiger partial charge in [-0.15, -0.1) is 0 Å². The summed E-state index contributed by atoms with van der Waals surface area (Å²) in [5.41, 5.74) is 2.75. The second-order valence-corrected chi connectivity index (χ2v) is 3.09. The van der Waals surface area contributed by atoms with Gasteiger partial charge in [0.2, 0.25) is 0 Å². The molecule has 0 saturated heterocycles. The maximum Gasteiger partial charge on any atom is 0.0427 e. The Morgan fingerprint density at radius 2 is 2.36 bits per heavy atom. The summed E-state index contributed by atoms with van der Waals surface area (Å²) in [7, 11) is 0. The van der Waals surface area contributed by atoms with Crippen molar-refractivity contribution in [1.29, 1.82) is 0 Å². The fourth-order valence-electron chi connectivity index (χ4n) is 1.37. The normalized spacial score (nSPS) is 17.6. The third kappa shape index (κ3) is 2.49. The Balaban J connectivity index is 2.43. The largest absolute Gasteiger partial charge is 0.289 e. The molecule has 1 nitrogen and oxygen atoms in total. The van der Waals surface area contributed by atoms with Crippen LogP contribution in [0, 0.1) is 0 Å². The zero-order valence-corrected chi connectivity index (χ0v) is 7.56. The van der Waals surface area contributed by atoms with E-state index < -0.39 is 0 Å². The third-order valence-electron chi connectivity index (χ3n) is 2.13. The van der Waals surface area contributed by atoms with E-state index in [1.54, 1.807) is 0 Å². The molecule has 0 N–H and O–H groups in total. The second-order valence-electron chi connectivity index (χ2n) is 3.09. The van der Waals surface area contributed by atoms with Crippen LogP contribution in [0.25, 0.3) is 0 Å². The van der Waals surface area contributed by atoms with Gasteiger partial charge in [-0.1, -0.05) is 19.4 Å². The number of hydrogen-bond donors (Lipinski definition) is 0. The van der Waals surface area contributed by atoms with E-state index in [1.807, 2.05) is 0 Å². The monoisotopic (exact) mass is 151 g/mol. The van der Waals surface area contributed by atoms with Crippen molar-refractivity contribution in [3.8, 4) is 0 Å². The molecule has 0 spiro atoms.